The average Bonchev–Trinajstić information content (AvgIpc) is 2.67. The zero-order valence-corrected chi connectivity index (χ0v) is 15.6. The molecule has 0 heterocycles. The molecule has 1 rings (SSSR count). The molecule has 0 aliphatic heterocycles. The number of rotatable bonds is 6. The van der Waals surface area contributed by atoms with Crippen molar-refractivity contribution in [2.45, 2.75) is 27.2 Å². The van der Waals surface area contributed by atoms with Gasteiger partial charge in [0.1, 0.15) is 6.54 Å². The molecule has 0 saturated heterocycles. The summed E-state index contributed by atoms with van der Waals surface area (Å²) in [5.74, 6) is 3.91. The third kappa shape index (κ3) is 11.5. The standard InChI is InChI=1S/C11H14N4O3.C4H8O2.C2H6/c12-5-6-15(13)9-3-1-8(2-4-9)11(18)14-7-10(16)17;1-3-4(5)6-2;1-2/h1-6H,7,12-13H2,(H,14,18)(H,16,17);3H2,1-2H3;1-2H3/b6-5-;;. The van der Waals surface area contributed by atoms with E-state index < -0.39 is 18.4 Å². The molecular weight excluding hydrogens is 340 g/mol. The highest BCUT2D eigenvalue weighted by Gasteiger charge is 2.07. The number of anilines is 1. The summed E-state index contributed by atoms with van der Waals surface area (Å²) >= 11 is 0. The minimum Gasteiger partial charge on any atom is -0.480 e. The van der Waals surface area contributed by atoms with Crippen molar-refractivity contribution in [2.75, 3.05) is 18.7 Å². The smallest absolute Gasteiger partial charge is 0.322 e. The second-order valence-electron chi connectivity index (χ2n) is 4.30. The fraction of sp³-hybridized carbons (Fsp3) is 0.353. The highest BCUT2D eigenvalue weighted by atomic mass is 16.5. The SMILES string of the molecule is CC.CCC(=O)OC.N/C=C\N(N)c1ccc(C(=O)NCC(=O)O)cc1. The Morgan fingerprint density at radius 1 is 1.23 bits per heavy atom. The van der Waals surface area contributed by atoms with Crippen LogP contribution in [0.15, 0.2) is 36.7 Å². The fourth-order valence-electron chi connectivity index (χ4n) is 1.37. The Morgan fingerprint density at radius 2 is 1.77 bits per heavy atom. The molecule has 9 heteroatoms. The first-order valence-electron chi connectivity index (χ1n) is 7.94. The number of methoxy groups -OCH3 is 1. The molecule has 1 aromatic carbocycles. The Bertz CT molecular complexity index is 567. The van der Waals surface area contributed by atoms with Crippen molar-refractivity contribution in [3.05, 3.63) is 42.2 Å². The van der Waals surface area contributed by atoms with Crippen LogP contribution in [0.5, 0.6) is 0 Å². The maximum Gasteiger partial charge on any atom is 0.322 e. The lowest BCUT2D eigenvalue weighted by molar-refractivity contribution is -0.140. The largest absolute Gasteiger partial charge is 0.480 e. The summed E-state index contributed by atoms with van der Waals surface area (Å²) < 4.78 is 4.26. The number of ether oxygens (including phenoxy) is 1. The predicted octanol–water partition coefficient (Wildman–Crippen LogP) is 1.21. The average molecular weight is 368 g/mol. The number of hydrogen-bond acceptors (Lipinski definition) is 7. The first-order valence-corrected chi connectivity index (χ1v) is 7.94. The molecule has 0 unspecified atom stereocenters. The number of hydrazine groups is 1. The summed E-state index contributed by atoms with van der Waals surface area (Å²) in [4.78, 5) is 31.8. The topological polar surface area (TPSA) is 148 Å². The lowest BCUT2D eigenvalue weighted by Crippen LogP contribution is -2.29. The Labute approximate surface area is 153 Å². The second kappa shape index (κ2) is 15.5. The van der Waals surface area contributed by atoms with Crippen molar-refractivity contribution < 1.29 is 24.2 Å². The number of aliphatic carboxylic acids is 1. The number of hydrogen-bond donors (Lipinski definition) is 4. The van der Waals surface area contributed by atoms with Gasteiger partial charge >= 0.3 is 11.9 Å². The van der Waals surface area contributed by atoms with Gasteiger partial charge in [-0.15, -0.1) is 0 Å². The highest BCUT2D eigenvalue weighted by Crippen LogP contribution is 2.12. The van der Waals surface area contributed by atoms with Crippen LogP contribution >= 0.6 is 0 Å². The van der Waals surface area contributed by atoms with E-state index in [2.05, 4.69) is 10.1 Å². The van der Waals surface area contributed by atoms with Gasteiger partial charge in [-0.25, -0.2) is 5.84 Å². The first-order chi connectivity index (χ1) is 12.3. The zero-order chi connectivity index (χ0) is 20.5. The number of esters is 1. The minimum absolute atomic E-state index is 0.157. The van der Waals surface area contributed by atoms with Gasteiger partial charge in [0.05, 0.1) is 12.8 Å². The van der Waals surface area contributed by atoms with Crippen LogP contribution < -0.4 is 21.9 Å². The molecule has 0 atom stereocenters. The predicted molar refractivity (Wildman–Crippen MR) is 100 cm³/mol. The normalized spacial score (nSPS) is 9.12. The van der Waals surface area contributed by atoms with Crippen molar-refractivity contribution in [3.8, 4) is 0 Å². The molecule has 0 saturated carbocycles. The maximum absolute atomic E-state index is 11.5. The van der Waals surface area contributed by atoms with E-state index in [-0.39, 0.29) is 5.97 Å². The van der Waals surface area contributed by atoms with Gasteiger partial charge in [-0.3, -0.25) is 19.4 Å². The third-order valence-electron chi connectivity index (χ3n) is 2.59. The number of carboxylic acid groups (broad SMARTS) is 1. The molecule has 1 amide bonds. The molecule has 0 bridgehead atoms. The molecule has 0 radical (unpaired) electrons. The van der Waals surface area contributed by atoms with E-state index in [9.17, 15) is 14.4 Å². The number of amides is 1. The number of carbonyl (C=O) groups is 3. The summed E-state index contributed by atoms with van der Waals surface area (Å²) in [6.45, 7) is 5.34. The van der Waals surface area contributed by atoms with Crippen LogP contribution in [0.25, 0.3) is 0 Å². The summed E-state index contributed by atoms with van der Waals surface area (Å²) in [6.07, 6.45) is 3.21. The Hall–Kier alpha value is -3.07. The number of nitrogens with zero attached hydrogens (tertiary/aromatic N) is 1. The lowest BCUT2D eigenvalue weighted by atomic mass is 10.2. The molecule has 9 nitrogen and oxygen atoms in total. The van der Waals surface area contributed by atoms with Gasteiger partial charge in [0.15, 0.2) is 0 Å². The number of carboxylic acids is 1. The van der Waals surface area contributed by atoms with Crippen molar-refractivity contribution in [3.63, 3.8) is 0 Å². The van der Waals surface area contributed by atoms with E-state index in [1.165, 1.54) is 36.7 Å². The Balaban J connectivity index is 0. The molecule has 0 fully saturated rings. The van der Waals surface area contributed by atoms with Gasteiger partial charge in [-0.05, 0) is 24.3 Å². The first kappa shape index (κ1) is 25.2. The van der Waals surface area contributed by atoms with Gasteiger partial charge in [0.2, 0.25) is 0 Å². The Kier molecular flexibility index (Phi) is 15.0. The van der Waals surface area contributed by atoms with Crippen molar-refractivity contribution in [2.24, 2.45) is 11.6 Å². The Morgan fingerprint density at radius 3 is 2.12 bits per heavy atom. The van der Waals surface area contributed by atoms with E-state index >= 15 is 0 Å². The molecule has 0 spiro atoms. The molecule has 0 aromatic heterocycles. The van der Waals surface area contributed by atoms with Crippen LogP contribution in [0.1, 0.15) is 37.6 Å². The monoisotopic (exact) mass is 368 g/mol. The van der Waals surface area contributed by atoms with Crippen LogP contribution in [0, 0.1) is 0 Å². The summed E-state index contributed by atoms with van der Waals surface area (Å²) in [6, 6.07) is 6.32. The van der Waals surface area contributed by atoms with Gasteiger partial charge in [0.25, 0.3) is 5.91 Å². The summed E-state index contributed by atoms with van der Waals surface area (Å²) in [7, 11) is 1.38. The highest BCUT2D eigenvalue weighted by molar-refractivity contribution is 5.96. The number of benzene rings is 1. The fourth-order valence-corrected chi connectivity index (χ4v) is 1.37. The van der Waals surface area contributed by atoms with Crippen LogP contribution in [0.2, 0.25) is 0 Å². The van der Waals surface area contributed by atoms with E-state index in [1.54, 1.807) is 19.1 Å². The summed E-state index contributed by atoms with van der Waals surface area (Å²) in [5, 5.41) is 12.0. The van der Waals surface area contributed by atoms with Gasteiger partial charge < -0.3 is 20.9 Å². The third-order valence-corrected chi connectivity index (χ3v) is 2.59. The molecule has 146 valence electrons. The quantitative estimate of drug-likeness (QED) is 0.333. The van der Waals surface area contributed by atoms with Gasteiger partial charge in [-0.2, -0.15) is 0 Å². The molecule has 1 aromatic rings. The van der Waals surface area contributed by atoms with E-state index in [0.717, 1.165) is 0 Å². The second-order valence-corrected chi connectivity index (χ2v) is 4.30. The van der Waals surface area contributed by atoms with Crippen molar-refractivity contribution in [1.82, 2.24) is 5.32 Å². The number of carbonyl (C=O) groups excluding carboxylic acids is 2. The number of nitrogens with one attached hydrogen (secondary N) is 1. The van der Waals surface area contributed by atoms with Crippen molar-refractivity contribution in [1.29, 1.82) is 0 Å². The summed E-state index contributed by atoms with van der Waals surface area (Å²) in [5.41, 5.74) is 6.19. The van der Waals surface area contributed by atoms with E-state index in [4.69, 9.17) is 16.7 Å². The molecule has 6 N–H and O–H groups in total. The molecule has 26 heavy (non-hydrogen) atoms. The van der Waals surface area contributed by atoms with Crippen LogP contribution in [-0.4, -0.2) is 36.6 Å². The van der Waals surface area contributed by atoms with E-state index in [1.807, 2.05) is 13.8 Å². The minimum atomic E-state index is -1.10. The van der Waals surface area contributed by atoms with Crippen LogP contribution in [0.4, 0.5) is 5.69 Å². The van der Waals surface area contributed by atoms with Gasteiger partial charge in [-0.1, -0.05) is 20.8 Å². The zero-order valence-electron chi connectivity index (χ0n) is 15.6. The van der Waals surface area contributed by atoms with E-state index in [0.29, 0.717) is 17.7 Å². The molecule has 0 aliphatic rings. The lowest BCUT2D eigenvalue weighted by Gasteiger charge is -2.13. The maximum atomic E-state index is 11.5. The van der Waals surface area contributed by atoms with Crippen molar-refractivity contribution >= 4 is 23.5 Å². The van der Waals surface area contributed by atoms with Crippen LogP contribution in [0.3, 0.4) is 0 Å². The molecule has 0 aliphatic carbocycles. The van der Waals surface area contributed by atoms with Crippen LogP contribution in [-0.2, 0) is 14.3 Å². The number of nitrogens with two attached hydrogens (primary N) is 2. The van der Waals surface area contributed by atoms with Gasteiger partial charge in [0, 0.05) is 24.4 Å². The molecular formula is C17H28N4O5.